The zero-order chi connectivity index (χ0) is 15.4. The number of ketones is 1. The fourth-order valence-corrected chi connectivity index (χ4v) is 2.18. The van der Waals surface area contributed by atoms with Crippen molar-refractivity contribution in [2.75, 3.05) is 7.11 Å². The van der Waals surface area contributed by atoms with Crippen molar-refractivity contribution in [2.24, 2.45) is 0 Å². The molecule has 0 heterocycles. The average Bonchev–Trinajstić information content (AvgIpc) is 2.49. The number of methoxy groups -OCH3 is 1. The van der Waals surface area contributed by atoms with Gasteiger partial charge in [0.15, 0.2) is 17.3 Å². The van der Waals surface area contributed by atoms with Gasteiger partial charge in [-0.1, -0.05) is 50.2 Å². The molecule has 2 nitrogen and oxygen atoms in total. The van der Waals surface area contributed by atoms with Gasteiger partial charge in [-0.25, -0.2) is 4.39 Å². The lowest BCUT2D eigenvalue weighted by molar-refractivity contribution is 0.0991. The summed E-state index contributed by atoms with van der Waals surface area (Å²) >= 11 is 0. The monoisotopic (exact) mass is 286 g/mol. The van der Waals surface area contributed by atoms with E-state index in [0.29, 0.717) is 17.0 Å². The van der Waals surface area contributed by atoms with E-state index in [-0.39, 0.29) is 18.0 Å². The van der Waals surface area contributed by atoms with Crippen molar-refractivity contribution in [3.8, 4) is 5.75 Å². The van der Waals surface area contributed by atoms with E-state index >= 15 is 0 Å². The normalized spacial score (nSPS) is 10.7. The van der Waals surface area contributed by atoms with Crippen LogP contribution in [0.5, 0.6) is 5.75 Å². The molecule has 2 aromatic rings. The van der Waals surface area contributed by atoms with Gasteiger partial charge < -0.3 is 4.74 Å². The highest BCUT2D eigenvalue weighted by Crippen LogP contribution is 2.22. The highest BCUT2D eigenvalue weighted by atomic mass is 19.1. The quantitative estimate of drug-likeness (QED) is 0.762. The molecule has 2 aromatic carbocycles. The van der Waals surface area contributed by atoms with Crippen molar-refractivity contribution in [1.82, 2.24) is 0 Å². The molecule has 0 bridgehead atoms. The van der Waals surface area contributed by atoms with Crippen molar-refractivity contribution in [3.63, 3.8) is 0 Å². The van der Waals surface area contributed by atoms with Gasteiger partial charge in [-0.05, 0) is 23.1 Å². The van der Waals surface area contributed by atoms with E-state index in [2.05, 4.69) is 13.8 Å². The van der Waals surface area contributed by atoms with Crippen LogP contribution in [0.2, 0.25) is 0 Å². The van der Waals surface area contributed by atoms with Crippen LogP contribution in [0, 0.1) is 5.82 Å². The Morgan fingerprint density at radius 1 is 1.14 bits per heavy atom. The van der Waals surface area contributed by atoms with Crippen LogP contribution in [-0.2, 0) is 6.42 Å². The SMILES string of the molecule is COc1cccc(CC(=O)c2ccc(C(C)C)cc2)c1F. The smallest absolute Gasteiger partial charge is 0.168 e. The molecule has 0 aliphatic heterocycles. The summed E-state index contributed by atoms with van der Waals surface area (Å²) in [4.78, 5) is 12.2. The number of carbonyl (C=O) groups is 1. The Hall–Kier alpha value is -2.16. The third-order valence-electron chi connectivity index (χ3n) is 3.51. The summed E-state index contributed by atoms with van der Waals surface area (Å²) in [6, 6.07) is 12.3. The number of hydrogen-bond donors (Lipinski definition) is 0. The lowest BCUT2D eigenvalue weighted by Crippen LogP contribution is -2.06. The van der Waals surface area contributed by atoms with Crippen molar-refractivity contribution in [3.05, 3.63) is 65.0 Å². The zero-order valence-electron chi connectivity index (χ0n) is 12.5. The molecule has 0 aliphatic carbocycles. The van der Waals surface area contributed by atoms with Crippen LogP contribution in [0.3, 0.4) is 0 Å². The van der Waals surface area contributed by atoms with Crippen LogP contribution in [-0.4, -0.2) is 12.9 Å². The summed E-state index contributed by atoms with van der Waals surface area (Å²) in [5.74, 6) is 0.0186. The molecule has 0 aliphatic rings. The summed E-state index contributed by atoms with van der Waals surface area (Å²) in [7, 11) is 1.41. The number of carbonyl (C=O) groups excluding carboxylic acids is 1. The lowest BCUT2D eigenvalue weighted by Gasteiger charge is -2.08. The average molecular weight is 286 g/mol. The minimum atomic E-state index is -0.466. The van der Waals surface area contributed by atoms with Gasteiger partial charge in [0.05, 0.1) is 7.11 Å². The Kier molecular flexibility index (Phi) is 4.73. The maximum atomic E-state index is 14.0. The number of rotatable bonds is 5. The molecule has 0 saturated heterocycles. The third-order valence-corrected chi connectivity index (χ3v) is 3.51. The first-order chi connectivity index (χ1) is 10.0. The number of Topliss-reactive ketones (excluding diaryl/α,β-unsaturated/α-hetero) is 1. The van der Waals surface area contributed by atoms with Gasteiger partial charge in [0.1, 0.15) is 0 Å². The second kappa shape index (κ2) is 6.53. The van der Waals surface area contributed by atoms with Crippen LogP contribution >= 0.6 is 0 Å². The van der Waals surface area contributed by atoms with Gasteiger partial charge in [0.2, 0.25) is 0 Å². The Balaban J connectivity index is 2.18. The van der Waals surface area contributed by atoms with Crippen molar-refractivity contribution >= 4 is 5.78 Å². The Morgan fingerprint density at radius 2 is 1.81 bits per heavy atom. The largest absolute Gasteiger partial charge is 0.494 e. The van der Waals surface area contributed by atoms with Crippen LogP contribution in [0.15, 0.2) is 42.5 Å². The molecular weight excluding hydrogens is 267 g/mol. The van der Waals surface area contributed by atoms with Crippen LogP contribution in [0.25, 0.3) is 0 Å². The second-order valence-corrected chi connectivity index (χ2v) is 5.31. The molecule has 0 radical (unpaired) electrons. The van der Waals surface area contributed by atoms with Gasteiger partial charge in [-0.2, -0.15) is 0 Å². The van der Waals surface area contributed by atoms with E-state index in [1.165, 1.54) is 12.7 Å². The number of ether oxygens (including phenoxy) is 1. The predicted octanol–water partition coefficient (Wildman–Crippen LogP) is 4.38. The summed E-state index contributed by atoms with van der Waals surface area (Å²) in [6.45, 7) is 4.20. The van der Waals surface area contributed by atoms with Gasteiger partial charge in [0, 0.05) is 12.0 Å². The molecule has 0 aromatic heterocycles. The Morgan fingerprint density at radius 3 is 2.38 bits per heavy atom. The zero-order valence-corrected chi connectivity index (χ0v) is 12.5. The van der Waals surface area contributed by atoms with E-state index in [1.807, 2.05) is 12.1 Å². The van der Waals surface area contributed by atoms with Gasteiger partial charge >= 0.3 is 0 Å². The third kappa shape index (κ3) is 3.48. The molecule has 0 saturated carbocycles. The highest BCUT2D eigenvalue weighted by Gasteiger charge is 2.13. The van der Waals surface area contributed by atoms with Crippen LogP contribution < -0.4 is 4.74 Å². The standard InChI is InChI=1S/C18H19FO2/c1-12(2)13-7-9-14(10-8-13)16(20)11-15-5-4-6-17(21-3)18(15)19/h4-10,12H,11H2,1-3H3. The minimum absolute atomic E-state index is 0.0318. The topological polar surface area (TPSA) is 26.3 Å². The molecule has 0 amide bonds. The molecule has 0 N–H and O–H groups in total. The van der Waals surface area contributed by atoms with E-state index in [0.717, 1.165) is 0 Å². The maximum absolute atomic E-state index is 14.0. The molecule has 0 spiro atoms. The Labute approximate surface area is 124 Å². The van der Waals surface area contributed by atoms with Crippen LogP contribution in [0.1, 0.15) is 41.3 Å². The first-order valence-corrected chi connectivity index (χ1v) is 6.97. The molecule has 0 fully saturated rings. The predicted molar refractivity (Wildman–Crippen MR) is 81.5 cm³/mol. The number of halogens is 1. The molecule has 21 heavy (non-hydrogen) atoms. The van der Waals surface area contributed by atoms with E-state index in [1.54, 1.807) is 30.3 Å². The fraction of sp³-hybridized carbons (Fsp3) is 0.278. The maximum Gasteiger partial charge on any atom is 0.168 e. The second-order valence-electron chi connectivity index (χ2n) is 5.31. The fourth-order valence-electron chi connectivity index (χ4n) is 2.18. The van der Waals surface area contributed by atoms with E-state index in [9.17, 15) is 9.18 Å². The van der Waals surface area contributed by atoms with E-state index < -0.39 is 5.82 Å². The molecule has 0 atom stereocenters. The van der Waals surface area contributed by atoms with Gasteiger partial charge in [-0.3, -0.25) is 4.79 Å². The first kappa shape index (κ1) is 15.2. The van der Waals surface area contributed by atoms with Crippen molar-refractivity contribution in [1.29, 1.82) is 0 Å². The van der Waals surface area contributed by atoms with Crippen molar-refractivity contribution in [2.45, 2.75) is 26.2 Å². The van der Waals surface area contributed by atoms with Gasteiger partial charge in [0.25, 0.3) is 0 Å². The van der Waals surface area contributed by atoms with Crippen LogP contribution in [0.4, 0.5) is 4.39 Å². The molecule has 0 unspecified atom stereocenters. The first-order valence-electron chi connectivity index (χ1n) is 6.97. The summed E-state index contributed by atoms with van der Waals surface area (Å²) in [5, 5.41) is 0. The minimum Gasteiger partial charge on any atom is -0.494 e. The number of benzene rings is 2. The van der Waals surface area contributed by atoms with Crippen molar-refractivity contribution < 1.29 is 13.9 Å². The summed E-state index contributed by atoms with van der Waals surface area (Å²) in [6.07, 6.45) is 0.0318. The molecule has 3 heteroatoms. The van der Waals surface area contributed by atoms with Gasteiger partial charge in [-0.15, -0.1) is 0 Å². The molecule has 110 valence electrons. The molecular formula is C18H19FO2. The lowest BCUT2D eigenvalue weighted by atomic mass is 9.98. The highest BCUT2D eigenvalue weighted by molar-refractivity contribution is 5.97. The number of hydrogen-bond acceptors (Lipinski definition) is 2. The summed E-state index contributed by atoms with van der Waals surface area (Å²) < 4.78 is 19.0. The molecule has 2 rings (SSSR count). The Bertz CT molecular complexity index is 630. The summed E-state index contributed by atoms with van der Waals surface area (Å²) in [5.41, 5.74) is 2.13. The van der Waals surface area contributed by atoms with E-state index in [4.69, 9.17) is 4.74 Å².